The molecular formula is C13H12BrF3N2O. The lowest BCUT2D eigenvalue weighted by Crippen LogP contribution is -2.34. The number of amides is 1. The van der Waals surface area contributed by atoms with Crippen LogP contribution in [0.5, 0.6) is 0 Å². The lowest BCUT2D eigenvalue weighted by molar-refractivity contribution is -0.138. The number of alkyl halides is 3. The Morgan fingerprint density at radius 2 is 2.00 bits per heavy atom. The third-order valence-electron chi connectivity index (χ3n) is 2.53. The van der Waals surface area contributed by atoms with Crippen LogP contribution in [0.4, 0.5) is 13.2 Å². The highest BCUT2D eigenvalue weighted by atomic mass is 79.9. The summed E-state index contributed by atoms with van der Waals surface area (Å²) in [5.41, 5.74) is -2.32. The first-order chi connectivity index (χ1) is 9.07. The molecule has 1 amide bonds. The third-order valence-corrected chi connectivity index (χ3v) is 3.02. The molecule has 7 heteroatoms. The summed E-state index contributed by atoms with van der Waals surface area (Å²) < 4.78 is 38.9. The van der Waals surface area contributed by atoms with Crippen molar-refractivity contribution in [3.8, 4) is 6.07 Å². The van der Waals surface area contributed by atoms with E-state index in [1.165, 1.54) is 6.07 Å². The number of hydrogen-bond acceptors (Lipinski definition) is 2. The second kappa shape index (κ2) is 5.83. The summed E-state index contributed by atoms with van der Waals surface area (Å²) in [5, 5.41) is 11.2. The molecule has 0 aliphatic heterocycles. The molecule has 0 heterocycles. The van der Waals surface area contributed by atoms with E-state index in [0.29, 0.717) is 0 Å². The predicted octanol–water partition coefficient (Wildman–Crippen LogP) is 3.75. The number of hydrogen-bond donors (Lipinski definition) is 1. The summed E-state index contributed by atoms with van der Waals surface area (Å²) in [6.45, 7) is 3.13. The van der Waals surface area contributed by atoms with Crippen LogP contribution >= 0.6 is 15.9 Å². The van der Waals surface area contributed by atoms with Crippen LogP contribution < -0.4 is 5.32 Å². The van der Waals surface area contributed by atoms with Crippen molar-refractivity contribution in [2.75, 3.05) is 6.54 Å². The van der Waals surface area contributed by atoms with Crippen molar-refractivity contribution in [1.82, 2.24) is 5.32 Å². The molecule has 1 aromatic carbocycles. The zero-order chi connectivity index (χ0) is 15.6. The topological polar surface area (TPSA) is 52.9 Å². The predicted molar refractivity (Wildman–Crippen MR) is 70.9 cm³/mol. The van der Waals surface area contributed by atoms with E-state index in [4.69, 9.17) is 5.26 Å². The molecule has 0 fully saturated rings. The van der Waals surface area contributed by atoms with Gasteiger partial charge in [-0.1, -0.05) is 15.9 Å². The van der Waals surface area contributed by atoms with Crippen LogP contribution in [0.2, 0.25) is 0 Å². The fourth-order valence-electron chi connectivity index (χ4n) is 1.39. The molecule has 0 saturated heterocycles. The Morgan fingerprint density at radius 3 is 2.50 bits per heavy atom. The van der Waals surface area contributed by atoms with E-state index in [0.717, 1.165) is 12.1 Å². The molecule has 0 saturated carbocycles. The number of nitrogens with zero attached hydrogens (tertiary/aromatic N) is 1. The minimum Gasteiger partial charge on any atom is -0.350 e. The van der Waals surface area contributed by atoms with E-state index in [2.05, 4.69) is 21.2 Å². The van der Waals surface area contributed by atoms with Crippen molar-refractivity contribution in [3.05, 3.63) is 33.8 Å². The molecule has 20 heavy (non-hydrogen) atoms. The van der Waals surface area contributed by atoms with Crippen molar-refractivity contribution in [3.63, 3.8) is 0 Å². The van der Waals surface area contributed by atoms with Gasteiger partial charge in [-0.3, -0.25) is 4.79 Å². The summed E-state index contributed by atoms with van der Waals surface area (Å²) >= 11 is 2.95. The number of carbonyl (C=O) groups is 1. The molecule has 0 atom stereocenters. The highest BCUT2D eigenvalue weighted by Gasteiger charge is 2.35. The van der Waals surface area contributed by atoms with Gasteiger partial charge in [-0.05, 0) is 32.0 Å². The minimum atomic E-state index is -4.62. The van der Waals surface area contributed by atoms with Crippen LogP contribution in [0.15, 0.2) is 22.7 Å². The molecule has 0 aliphatic carbocycles. The molecule has 1 N–H and O–H groups in total. The molecular weight excluding hydrogens is 337 g/mol. The fourth-order valence-corrected chi connectivity index (χ4v) is 1.75. The normalized spacial score (nSPS) is 11.8. The molecule has 0 aromatic heterocycles. The van der Waals surface area contributed by atoms with E-state index in [1.54, 1.807) is 13.8 Å². The Kier molecular flexibility index (Phi) is 4.81. The van der Waals surface area contributed by atoms with Gasteiger partial charge >= 0.3 is 6.18 Å². The second-order valence-electron chi connectivity index (χ2n) is 4.87. The van der Waals surface area contributed by atoms with Gasteiger partial charge in [0.1, 0.15) is 0 Å². The first-order valence-electron chi connectivity index (χ1n) is 5.63. The van der Waals surface area contributed by atoms with Crippen LogP contribution in [0.25, 0.3) is 0 Å². The average molecular weight is 349 g/mol. The maximum atomic E-state index is 12.9. The Balaban J connectivity index is 3.03. The highest BCUT2D eigenvalue weighted by Crippen LogP contribution is 2.33. The van der Waals surface area contributed by atoms with Gasteiger partial charge in [0, 0.05) is 11.0 Å². The number of benzene rings is 1. The maximum Gasteiger partial charge on any atom is 0.417 e. The monoisotopic (exact) mass is 348 g/mol. The molecule has 3 nitrogen and oxygen atoms in total. The van der Waals surface area contributed by atoms with E-state index in [9.17, 15) is 18.0 Å². The Morgan fingerprint density at radius 1 is 1.40 bits per heavy atom. The van der Waals surface area contributed by atoms with E-state index in [1.807, 2.05) is 6.07 Å². The Labute approximate surface area is 122 Å². The van der Waals surface area contributed by atoms with Gasteiger partial charge in [0.05, 0.1) is 22.6 Å². The number of nitrogens with one attached hydrogen (secondary N) is 1. The van der Waals surface area contributed by atoms with Crippen molar-refractivity contribution >= 4 is 21.8 Å². The summed E-state index contributed by atoms with van der Waals surface area (Å²) in [6, 6.07) is 5.27. The van der Waals surface area contributed by atoms with Gasteiger partial charge in [-0.2, -0.15) is 18.4 Å². The number of carbonyl (C=O) groups excluding carboxylic acids is 1. The van der Waals surface area contributed by atoms with E-state index in [-0.39, 0.29) is 11.0 Å². The summed E-state index contributed by atoms with van der Waals surface area (Å²) in [5.74, 6) is -0.854. The van der Waals surface area contributed by atoms with Gasteiger partial charge in [-0.25, -0.2) is 0 Å². The van der Waals surface area contributed by atoms with Gasteiger partial charge in [0.25, 0.3) is 5.91 Å². The Bertz CT molecular complexity index is 562. The fraction of sp³-hybridized carbons (Fsp3) is 0.385. The second-order valence-corrected chi connectivity index (χ2v) is 5.78. The van der Waals surface area contributed by atoms with Crippen molar-refractivity contribution in [2.45, 2.75) is 20.0 Å². The lowest BCUT2D eigenvalue weighted by atomic mass is 9.95. The number of nitriles is 1. The van der Waals surface area contributed by atoms with Gasteiger partial charge < -0.3 is 5.32 Å². The quantitative estimate of drug-likeness (QED) is 0.904. The average Bonchev–Trinajstić information content (AvgIpc) is 2.35. The van der Waals surface area contributed by atoms with Gasteiger partial charge in [0.2, 0.25) is 0 Å². The van der Waals surface area contributed by atoms with Crippen molar-refractivity contribution < 1.29 is 18.0 Å². The summed E-state index contributed by atoms with van der Waals surface area (Å²) in [6.07, 6.45) is -4.62. The van der Waals surface area contributed by atoms with Crippen molar-refractivity contribution in [2.24, 2.45) is 5.41 Å². The van der Waals surface area contributed by atoms with Crippen LogP contribution in [-0.2, 0) is 6.18 Å². The van der Waals surface area contributed by atoms with Crippen LogP contribution in [0.3, 0.4) is 0 Å². The maximum absolute atomic E-state index is 12.9. The Hall–Kier alpha value is -1.55. The molecule has 0 unspecified atom stereocenters. The molecule has 0 bridgehead atoms. The minimum absolute atomic E-state index is 0.0320. The standard InChI is InChI=1S/C13H12BrF3N2O/c1-12(2,6-18)7-19-11(20)9-4-3-8(14)5-10(9)13(15,16)17/h3-5H,7H2,1-2H3,(H,19,20). The summed E-state index contributed by atoms with van der Waals surface area (Å²) in [4.78, 5) is 11.9. The van der Waals surface area contributed by atoms with Gasteiger partial charge in [0.15, 0.2) is 0 Å². The first-order valence-corrected chi connectivity index (χ1v) is 6.42. The van der Waals surface area contributed by atoms with Gasteiger partial charge in [-0.15, -0.1) is 0 Å². The summed E-state index contributed by atoms with van der Waals surface area (Å²) in [7, 11) is 0. The molecule has 0 aliphatic rings. The van der Waals surface area contributed by atoms with E-state index >= 15 is 0 Å². The first kappa shape index (κ1) is 16.5. The largest absolute Gasteiger partial charge is 0.417 e. The van der Waals surface area contributed by atoms with Crippen LogP contribution in [-0.4, -0.2) is 12.5 Å². The molecule has 1 rings (SSSR count). The van der Waals surface area contributed by atoms with E-state index < -0.39 is 28.6 Å². The molecule has 0 spiro atoms. The van der Waals surface area contributed by atoms with Crippen LogP contribution in [0, 0.1) is 16.7 Å². The highest BCUT2D eigenvalue weighted by molar-refractivity contribution is 9.10. The van der Waals surface area contributed by atoms with Crippen molar-refractivity contribution in [1.29, 1.82) is 5.26 Å². The SMILES string of the molecule is CC(C)(C#N)CNC(=O)c1ccc(Br)cc1C(F)(F)F. The lowest BCUT2D eigenvalue weighted by Gasteiger charge is -2.17. The molecule has 108 valence electrons. The number of rotatable bonds is 3. The van der Waals surface area contributed by atoms with Crippen LogP contribution in [0.1, 0.15) is 29.8 Å². The molecule has 0 radical (unpaired) electrons. The third kappa shape index (κ3) is 4.23. The zero-order valence-corrected chi connectivity index (χ0v) is 12.4. The number of halogens is 4. The molecule has 1 aromatic rings. The zero-order valence-electron chi connectivity index (χ0n) is 10.8. The smallest absolute Gasteiger partial charge is 0.350 e.